The van der Waals surface area contributed by atoms with Crippen LogP contribution in [-0.4, -0.2) is 40.7 Å². The smallest absolute Gasteiger partial charge is 0.333 e. The zero-order chi connectivity index (χ0) is 18.1. The average Bonchev–Trinajstić information content (AvgIpc) is 3.07. The second kappa shape index (κ2) is 6.84. The summed E-state index contributed by atoms with van der Waals surface area (Å²) in [4.78, 5) is 26.4. The molecule has 0 spiro atoms. The highest BCUT2D eigenvalue weighted by molar-refractivity contribution is 5.85. The SMILES string of the molecule is Cc1[nH]c2cc(F)ccc2c1CCNC(=O)[C@H]1C[C@@H](C)[C@H](C(=O)O)O1. The highest BCUT2D eigenvalue weighted by atomic mass is 19.1. The third kappa shape index (κ3) is 3.51. The first kappa shape index (κ1) is 17.4. The first-order chi connectivity index (χ1) is 11.9. The van der Waals surface area contributed by atoms with E-state index >= 15 is 0 Å². The van der Waals surface area contributed by atoms with Crippen molar-refractivity contribution in [1.82, 2.24) is 10.3 Å². The van der Waals surface area contributed by atoms with Crippen molar-refractivity contribution < 1.29 is 23.8 Å². The molecule has 0 saturated carbocycles. The summed E-state index contributed by atoms with van der Waals surface area (Å²) in [6.45, 7) is 4.07. The molecule has 3 N–H and O–H groups in total. The molecule has 0 bridgehead atoms. The van der Waals surface area contributed by atoms with Gasteiger partial charge in [-0.3, -0.25) is 4.79 Å². The maximum atomic E-state index is 13.3. The second-order valence-electron chi connectivity index (χ2n) is 6.56. The Balaban J connectivity index is 1.59. The molecular formula is C18H21FN2O4. The lowest BCUT2D eigenvalue weighted by Gasteiger charge is -2.12. The lowest BCUT2D eigenvalue weighted by Crippen LogP contribution is -2.36. The predicted octanol–water partition coefficient (Wildman–Crippen LogP) is 2.15. The minimum absolute atomic E-state index is 0.195. The number of H-pyrrole nitrogens is 1. The quantitative estimate of drug-likeness (QED) is 0.772. The molecule has 2 heterocycles. The molecule has 6 nitrogen and oxygen atoms in total. The summed E-state index contributed by atoms with van der Waals surface area (Å²) >= 11 is 0. The van der Waals surface area contributed by atoms with Gasteiger partial charge in [0.15, 0.2) is 6.10 Å². The summed E-state index contributed by atoms with van der Waals surface area (Å²) in [7, 11) is 0. The molecule has 1 saturated heterocycles. The second-order valence-corrected chi connectivity index (χ2v) is 6.56. The summed E-state index contributed by atoms with van der Waals surface area (Å²) in [6.07, 6.45) is -0.669. The largest absolute Gasteiger partial charge is 0.479 e. The standard InChI is InChI=1S/C18H21FN2O4/c1-9-7-15(25-16(9)18(23)24)17(22)20-6-5-12-10(2)21-14-8-11(19)3-4-13(12)14/h3-4,8-9,15-16,21H,5-7H2,1-2H3,(H,20,22)(H,23,24)/t9-,15-,16-/m1/s1. The van der Waals surface area contributed by atoms with E-state index < -0.39 is 18.2 Å². The van der Waals surface area contributed by atoms with Crippen molar-refractivity contribution in [3.05, 3.63) is 35.3 Å². The summed E-state index contributed by atoms with van der Waals surface area (Å²) in [5, 5.41) is 12.8. The molecule has 134 valence electrons. The Bertz CT molecular complexity index is 817. The van der Waals surface area contributed by atoms with Gasteiger partial charge in [0.2, 0.25) is 5.91 Å². The molecule has 1 aromatic carbocycles. The number of ether oxygens (including phenoxy) is 1. The molecule has 7 heteroatoms. The number of carboxylic acids is 1. The molecule has 25 heavy (non-hydrogen) atoms. The number of aromatic amines is 1. The van der Waals surface area contributed by atoms with Gasteiger partial charge in [0.25, 0.3) is 0 Å². The highest BCUT2D eigenvalue weighted by Gasteiger charge is 2.40. The molecule has 3 atom stereocenters. The average molecular weight is 348 g/mol. The summed E-state index contributed by atoms with van der Waals surface area (Å²) < 4.78 is 18.6. The number of rotatable bonds is 5. The van der Waals surface area contributed by atoms with E-state index in [1.807, 2.05) is 6.92 Å². The molecule has 0 aliphatic carbocycles. The van der Waals surface area contributed by atoms with E-state index in [0.29, 0.717) is 19.4 Å². The van der Waals surface area contributed by atoms with E-state index in [1.54, 1.807) is 13.0 Å². The number of carboxylic acid groups (broad SMARTS) is 1. The number of carbonyl (C=O) groups is 2. The van der Waals surface area contributed by atoms with Crippen molar-refractivity contribution in [3.63, 3.8) is 0 Å². The van der Waals surface area contributed by atoms with Gasteiger partial charge < -0.3 is 20.1 Å². The van der Waals surface area contributed by atoms with Crippen LogP contribution >= 0.6 is 0 Å². The molecule has 2 aromatic rings. The van der Waals surface area contributed by atoms with Crippen LogP contribution in [0.1, 0.15) is 24.6 Å². The number of halogens is 1. The lowest BCUT2D eigenvalue weighted by atomic mass is 10.0. The Morgan fingerprint density at radius 3 is 2.88 bits per heavy atom. The zero-order valence-corrected chi connectivity index (χ0v) is 14.1. The van der Waals surface area contributed by atoms with E-state index in [2.05, 4.69) is 10.3 Å². The van der Waals surface area contributed by atoms with Gasteiger partial charge >= 0.3 is 5.97 Å². The van der Waals surface area contributed by atoms with Gasteiger partial charge in [0.1, 0.15) is 11.9 Å². The van der Waals surface area contributed by atoms with E-state index in [4.69, 9.17) is 9.84 Å². The first-order valence-corrected chi connectivity index (χ1v) is 8.29. The summed E-state index contributed by atoms with van der Waals surface area (Å²) in [5.74, 6) is -1.82. The van der Waals surface area contributed by atoms with Crippen molar-refractivity contribution in [1.29, 1.82) is 0 Å². The Hall–Kier alpha value is -2.41. The Kier molecular flexibility index (Phi) is 4.76. The number of hydrogen-bond donors (Lipinski definition) is 3. The van der Waals surface area contributed by atoms with Crippen LogP contribution in [0.15, 0.2) is 18.2 Å². The molecule has 1 aromatic heterocycles. The van der Waals surface area contributed by atoms with Crippen molar-refractivity contribution in [3.8, 4) is 0 Å². The van der Waals surface area contributed by atoms with Gasteiger partial charge in [-0.05, 0) is 49.4 Å². The number of aryl methyl sites for hydroxylation is 1. The topological polar surface area (TPSA) is 91.4 Å². The maximum absolute atomic E-state index is 13.3. The molecule has 1 aliphatic rings. The van der Waals surface area contributed by atoms with Crippen LogP contribution in [0.5, 0.6) is 0 Å². The van der Waals surface area contributed by atoms with Gasteiger partial charge in [0.05, 0.1) is 0 Å². The van der Waals surface area contributed by atoms with E-state index in [9.17, 15) is 14.0 Å². The third-order valence-corrected chi connectivity index (χ3v) is 4.71. The fraction of sp³-hybridized carbons (Fsp3) is 0.444. The Labute approximate surface area is 144 Å². The number of carbonyl (C=O) groups excluding carboxylic acids is 1. The highest BCUT2D eigenvalue weighted by Crippen LogP contribution is 2.27. The normalized spacial score (nSPS) is 23.1. The number of aromatic nitrogens is 1. The Morgan fingerprint density at radius 1 is 1.44 bits per heavy atom. The fourth-order valence-electron chi connectivity index (χ4n) is 3.41. The van der Waals surface area contributed by atoms with Crippen LogP contribution in [0.3, 0.4) is 0 Å². The summed E-state index contributed by atoms with van der Waals surface area (Å²) in [6, 6.07) is 4.59. The fourth-order valence-corrected chi connectivity index (χ4v) is 3.41. The molecule has 1 fully saturated rings. The molecule has 0 unspecified atom stereocenters. The molecule has 3 rings (SSSR count). The van der Waals surface area contributed by atoms with Gasteiger partial charge in [0, 0.05) is 23.1 Å². The van der Waals surface area contributed by atoms with Crippen LogP contribution in [-0.2, 0) is 20.7 Å². The number of aliphatic carboxylic acids is 1. The van der Waals surface area contributed by atoms with E-state index in [0.717, 1.165) is 22.2 Å². The maximum Gasteiger partial charge on any atom is 0.333 e. The van der Waals surface area contributed by atoms with E-state index in [-0.39, 0.29) is 17.6 Å². The summed E-state index contributed by atoms with van der Waals surface area (Å²) in [5.41, 5.74) is 2.70. The van der Waals surface area contributed by atoms with Gasteiger partial charge in [-0.25, -0.2) is 9.18 Å². The van der Waals surface area contributed by atoms with Crippen LogP contribution in [0.4, 0.5) is 4.39 Å². The Morgan fingerprint density at radius 2 is 2.20 bits per heavy atom. The molecule has 1 aliphatic heterocycles. The molecular weight excluding hydrogens is 327 g/mol. The monoisotopic (exact) mass is 348 g/mol. The van der Waals surface area contributed by atoms with Crippen LogP contribution < -0.4 is 5.32 Å². The lowest BCUT2D eigenvalue weighted by molar-refractivity contribution is -0.153. The van der Waals surface area contributed by atoms with Crippen molar-refractivity contribution in [2.24, 2.45) is 5.92 Å². The van der Waals surface area contributed by atoms with Crippen molar-refractivity contribution in [2.75, 3.05) is 6.54 Å². The van der Waals surface area contributed by atoms with Gasteiger partial charge in [-0.2, -0.15) is 0 Å². The van der Waals surface area contributed by atoms with Crippen molar-refractivity contribution in [2.45, 2.75) is 38.9 Å². The number of fused-ring (bicyclic) bond motifs is 1. The zero-order valence-electron chi connectivity index (χ0n) is 14.1. The first-order valence-electron chi connectivity index (χ1n) is 8.29. The van der Waals surface area contributed by atoms with E-state index in [1.165, 1.54) is 12.1 Å². The number of benzene rings is 1. The predicted molar refractivity (Wildman–Crippen MR) is 89.8 cm³/mol. The van der Waals surface area contributed by atoms with Crippen LogP contribution in [0, 0.1) is 18.7 Å². The van der Waals surface area contributed by atoms with Gasteiger partial charge in [-0.15, -0.1) is 0 Å². The number of hydrogen-bond acceptors (Lipinski definition) is 3. The minimum atomic E-state index is -1.04. The number of amides is 1. The van der Waals surface area contributed by atoms with Gasteiger partial charge in [-0.1, -0.05) is 6.92 Å². The van der Waals surface area contributed by atoms with Crippen LogP contribution in [0.2, 0.25) is 0 Å². The minimum Gasteiger partial charge on any atom is -0.479 e. The number of nitrogens with one attached hydrogen (secondary N) is 2. The van der Waals surface area contributed by atoms with Crippen molar-refractivity contribution >= 4 is 22.8 Å². The van der Waals surface area contributed by atoms with Crippen LogP contribution in [0.25, 0.3) is 10.9 Å². The third-order valence-electron chi connectivity index (χ3n) is 4.71. The molecule has 0 radical (unpaired) electrons. The molecule has 1 amide bonds.